The first-order chi connectivity index (χ1) is 12.7. The van der Waals surface area contributed by atoms with Crippen molar-refractivity contribution in [2.24, 2.45) is 10.6 Å². The van der Waals surface area contributed by atoms with Gasteiger partial charge in [0.25, 0.3) is 0 Å². The number of hydrogen-bond donors (Lipinski definition) is 1. The van der Waals surface area contributed by atoms with Crippen LogP contribution in [-0.2, 0) is 10.0 Å². The summed E-state index contributed by atoms with van der Waals surface area (Å²) in [6.45, 7) is 6.21. The molecule has 0 spiro atoms. The fourth-order valence-electron chi connectivity index (χ4n) is 3.92. The van der Waals surface area contributed by atoms with Crippen molar-refractivity contribution in [2.75, 3.05) is 0 Å². The highest BCUT2D eigenvalue weighted by molar-refractivity contribution is 7.89. The summed E-state index contributed by atoms with van der Waals surface area (Å²) in [5, 5.41) is 9.36. The van der Waals surface area contributed by atoms with Crippen LogP contribution >= 0.6 is 0 Å². The first-order valence-corrected chi connectivity index (χ1v) is 10.3. The van der Waals surface area contributed by atoms with Crippen molar-refractivity contribution in [1.29, 1.82) is 0 Å². The van der Waals surface area contributed by atoms with Crippen molar-refractivity contribution in [3.05, 3.63) is 65.5 Å². The van der Waals surface area contributed by atoms with Gasteiger partial charge in [0.2, 0.25) is 21.7 Å². The summed E-state index contributed by atoms with van der Waals surface area (Å²) in [6, 6.07) is 14.7. The highest BCUT2D eigenvalue weighted by Gasteiger charge is 2.62. The van der Waals surface area contributed by atoms with Crippen LogP contribution < -0.4 is 5.14 Å². The first kappa shape index (κ1) is 17.9. The van der Waals surface area contributed by atoms with Gasteiger partial charge >= 0.3 is 0 Å². The zero-order valence-corrected chi connectivity index (χ0v) is 16.2. The molecule has 1 fully saturated rings. The number of nitrogens with zero attached hydrogens (tertiary/aromatic N) is 2. The van der Waals surface area contributed by atoms with Gasteiger partial charge in [0.05, 0.1) is 10.8 Å². The third kappa shape index (κ3) is 3.07. The van der Waals surface area contributed by atoms with Gasteiger partial charge in [-0.2, -0.15) is 4.98 Å². The molecule has 140 valence electrons. The predicted octanol–water partition coefficient (Wildman–Crippen LogP) is 3.60. The molecule has 2 aromatic carbocycles. The van der Waals surface area contributed by atoms with E-state index in [0.29, 0.717) is 11.7 Å². The second-order valence-electron chi connectivity index (χ2n) is 7.66. The van der Waals surface area contributed by atoms with Crippen molar-refractivity contribution >= 4 is 10.0 Å². The van der Waals surface area contributed by atoms with E-state index in [1.54, 1.807) is 12.1 Å². The van der Waals surface area contributed by atoms with Crippen LogP contribution in [0.4, 0.5) is 0 Å². The van der Waals surface area contributed by atoms with Gasteiger partial charge in [-0.15, -0.1) is 0 Å². The lowest BCUT2D eigenvalue weighted by Gasteiger charge is -2.08. The van der Waals surface area contributed by atoms with Crippen LogP contribution in [0, 0.1) is 12.3 Å². The highest BCUT2D eigenvalue weighted by atomic mass is 32.2. The SMILES string of the molecule is Cc1cc(S(N)(=O)=O)ccc1[C@@H]1[C@@H](c2nc(-c3ccccc3)no2)C1(C)C. The van der Waals surface area contributed by atoms with Gasteiger partial charge in [-0.3, -0.25) is 0 Å². The molecular weight excluding hydrogens is 362 g/mol. The molecule has 1 aliphatic rings. The number of hydrogen-bond acceptors (Lipinski definition) is 5. The average molecular weight is 383 g/mol. The monoisotopic (exact) mass is 383 g/mol. The number of nitrogens with two attached hydrogens (primary N) is 1. The average Bonchev–Trinajstić information content (AvgIpc) is 2.95. The van der Waals surface area contributed by atoms with Gasteiger partial charge in [-0.1, -0.05) is 55.4 Å². The first-order valence-electron chi connectivity index (χ1n) is 8.72. The molecule has 6 nitrogen and oxygen atoms in total. The van der Waals surface area contributed by atoms with E-state index in [0.717, 1.165) is 16.7 Å². The van der Waals surface area contributed by atoms with Gasteiger partial charge in [0.15, 0.2) is 0 Å². The Labute approximate surface area is 158 Å². The maximum Gasteiger partial charge on any atom is 0.238 e. The standard InChI is InChI=1S/C20H21N3O3S/c1-12-11-14(27(21,24)25)9-10-15(12)16-17(20(16,2)3)19-22-18(23-26-19)13-7-5-4-6-8-13/h4-11,16-17H,1-3H3,(H2,21,24,25)/t16-,17+/m1/s1. The molecule has 4 rings (SSSR count). The molecule has 0 aliphatic heterocycles. The molecule has 1 aromatic heterocycles. The van der Waals surface area contributed by atoms with E-state index >= 15 is 0 Å². The van der Waals surface area contributed by atoms with Gasteiger partial charge in [0, 0.05) is 11.5 Å². The van der Waals surface area contributed by atoms with Crippen LogP contribution in [0.15, 0.2) is 57.9 Å². The fourth-order valence-corrected chi connectivity index (χ4v) is 4.52. The van der Waals surface area contributed by atoms with E-state index in [1.807, 2.05) is 43.3 Å². The summed E-state index contributed by atoms with van der Waals surface area (Å²) in [5.41, 5.74) is 2.83. The molecule has 0 saturated heterocycles. The number of sulfonamides is 1. The van der Waals surface area contributed by atoms with E-state index in [-0.39, 0.29) is 22.1 Å². The number of rotatable bonds is 4. The van der Waals surface area contributed by atoms with Crippen molar-refractivity contribution in [1.82, 2.24) is 10.1 Å². The summed E-state index contributed by atoms with van der Waals surface area (Å²) >= 11 is 0. The molecule has 27 heavy (non-hydrogen) atoms. The largest absolute Gasteiger partial charge is 0.339 e. The van der Waals surface area contributed by atoms with Gasteiger partial charge in [0.1, 0.15) is 0 Å². The normalized spacial score (nSPS) is 21.2. The zero-order chi connectivity index (χ0) is 19.4. The lowest BCUT2D eigenvalue weighted by Crippen LogP contribution is -2.12. The Bertz CT molecular complexity index is 1100. The van der Waals surface area contributed by atoms with Crippen LogP contribution in [0.5, 0.6) is 0 Å². The zero-order valence-electron chi connectivity index (χ0n) is 15.4. The minimum Gasteiger partial charge on any atom is -0.339 e. The molecule has 0 amide bonds. The lowest BCUT2D eigenvalue weighted by molar-refractivity contribution is 0.368. The van der Waals surface area contributed by atoms with E-state index in [4.69, 9.17) is 9.66 Å². The van der Waals surface area contributed by atoms with Crippen molar-refractivity contribution in [3.8, 4) is 11.4 Å². The smallest absolute Gasteiger partial charge is 0.238 e. The maximum atomic E-state index is 11.6. The Morgan fingerprint density at radius 2 is 1.78 bits per heavy atom. The molecule has 1 saturated carbocycles. The number of aromatic nitrogens is 2. The van der Waals surface area contributed by atoms with Crippen LogP contribution in [0.3, 0.4) is 0 Å². The third-order valence-electron chi connectivity index (χ3n) is 5.47. The van der Waals surface area contributed by atoms with Crippen LogP contribution in [0.2, 0.25) is 0 Å². The highest BCUT2D eigenvalue weighted by Crippen LogP contribution is 2.70. The summed E-state index contributed by atoms with van der Waals surface area (Å²) < 4.78 is 28.7. The van der Waals surface area contributed by atoms with Crippen molar-refractivity contribution in [2.45, 2.75) is 37.5 Å². The predicted molar refractivity (Wildman–Crippen MR) is 102 cm³/mol. The molecule has 1 aliphatic carbocycles. The van der Waals surface area contributed by atoms with Crippen LogP contribution in [0.25, 0.3) is 11.4 Å². The summed E-state index contributed by atoms with van der Waals surface area (Å²) in [6.07, 6.45) is 0. The van der Waals surface area contributed by atoms with E-state index < -0.39 is 10.0 Å². The Kier molecular flexibility index (Phi) is 3.98. The van der Waals surface area contributed by atoms with Crippen molar-refractivity contribution in [3.63, 3.8) is 0 Å². The lowest BCUT2D eigenvalue weighted by atomic mass is 9.99. The fraction of sp³-hybridized carbons (Fsp3) is 0.300. The summed E-state index contributed by atoms with van der Waals surface area (Å²) in [4.78, 5) is 4.73. The van der Waals surface area contributed by atoms with Crippen LogP contribution in [0.1, 0.15) is 42.7 Å². The molecule has 0 unspecified atom stereocenters. The van der Waals surface area contributed by atoms with E-state index in [9.17, 15) is 8.42 Å². The Balaban J connectivity index is 1.66. The molecule has 3 aromatic rings. The summed E-state index contributed by atoms with van der Waals surface area (Å²) in [7, 11) is -3.71. The second kappa shape index (κ2) is 6.00. The van der Waals surface area contributed by atoms with Gasteiger partial charge < -0.3 is 4.52 Å². The topological polar surface area (TPSA) is 99.1 Å². The summed E-state index contributed by atoms with van der Waals surface area (Å²) in [5.74, 6) is 1.45. The number of aryl methyl sites for hydroxylation is 1. The Morgan fingerprint density at radius 1 is 1.07 bits per heavy atom. The quantitative estimate of drug-likeness (QED) is 0.742. The van der Waals surface area contributed by atoms with Crippen LogP contribution in [-0.4, -0.2) is 18.6 Å². The number of primary sulfonamides is 1. The Hall–Kier alpha value is -2.51. The molecule has 2 atom stereocenters. The number of benzene rings is 2. The molecule has 1 heterocycles. The molecular formula is C20H21N3O3S. The molecule has 2 N–H and O–H groups in total. The van der Waals surface area contributed by atoms with Crippen molar-refractivity contribution < 1.29 is 12.9 Å². The van der Waals surface area contributed by atoms with Gasteiger partial charge in [-0.25, -0.2) is 13.6 Å². The van der Waals surface area contributed by atoms with E-state index in [2.05, 4.69) is 24.0 Å². The van der Waals surface area contributed by atoms with Gasteiger partial charge in [-0.05, 0) is 35.6 Å². The Morgan fingerprint density at radius 3 is 2.41 bits per heavy atom. The maximum absolute atomic E-state index is 11.6. The third-order valence-corrected chi connectivity index (χ3v) is 6.38. The van der Waals surface area contributed by atoms with E-state index in [1.165, 1.54) is 0 Å². The minimum absolute atomic E-state index is 0.0612. The minimum atomic E-state index is -3.71. The molecule has 0 radical (unpaired) electrons. The molecule has 7 heteroatoms. The second-order valence-corrected chi connectivity index (χ2v) is 9.22. The molecule has 0 bridgehead atoms.